The standard InChI is InChI=1S/C30H23Cl2N3O3S/c1-17(2)19-6-12-27-25(15-19)33-29(38-27)20-5-11-23(32)24(16-20)34-30(39)35-28(36)14-10-22-9-13-26(37-22)18-3-7-21(31)8-4-18/h3-17H,1-2H3,(H2,34,35,36,39). The second-order valence-electron chi connectivity index (χ2n) is 9.08. The summed E-state index contributed by atoms with van der Waals surface area (Å²) in [7, 11) is 0. The van der Waals surface area contributed by atoms with Crippen LogP contribution in [-0.4, -0.2) is 16.0 Å². The molecule has 0 atom stereocenters. The molecule has 39 heavy (non-hydrogen) atoms. The Hall–Kier alpha value is -3.91. The second-order valence-corrected chi connectivity index (χ2v) is 10.3. The highest BCUT2D eigenvalue weighted by Crippen LogP contribution is 2.31. The van der Waals surface area contributed by atoms with Gasteiger partial charge in [-0.25, -0.2) is 4.98 Å². The predicted molar refractivity (Wildman–Crippen MR) is 161 cm³/mol. The van der Waals surface area contributed by atoms with Crippen LogP contribution in [-0.2, 0) is 4.79 Å². The number of nitrogens with zero attached hydrogens (tertiary/aromatic N) is 1. The number of hydrogen-bond donors (Lipinski definition) is 2. The minimum atomic E-state index is -0.427. The van der Waals surface area contributed by atoms with Gasteiger partial charge in [-0.2, -0.15) is 0 Å². The number of rotatable bonds is 6. The van der Waals surface area contributed by atoms with Crippen molar-refractivity contribution < 1.29 is 13.6 Å². The molecule has 0 unspecified atom stereocenters. The van der Waals surface area contributed by atoms with Gasteiger partial charge in [0, 0.05) is 22.2 Å². The van der Waals surface area contributed by atoms with Crippen LogP contribution in [0.2, 0.25) is 10.0 Å². The molecule has 1 amide bonds. The maximum Gasteiger partial charge on any atom is 0.250 e. The third-order valence-electron chi connectivity index (χ3n) is 5.93. The number of thiocarbonyl (C=S) groups is 1. The number of amides is 1. The van der Waals surface area contributed by atoms with Gasteiger partial charge in [0.2, 0.25) is 11.8 Å². The molecule has 0 bridgehead atoms. The lowest BCUT2D eigenvalue weighted by atomic mass is 10.0. The van der Waals surface area contributed by atoms with E-state index in [1.54, 1.807) is 36.4 Å². The Kier molecular flexibility index (Phi) is 7.84. The van der Waals surface area contributed by atoms with E-state index in [9.17, 15) is 4.79 Å². The van der Waals surface area contributed by atoms with Crippen LogP contribution in [0.5, 0.6) is 0 Å². The van der Waals surface area contributed by atoms with E-state index >= 15 is 0 Å². The number of fused-ring (bicyclic) bond motifs is 1. The van der Waals surface area contributed by atoms with Crippen molar-refractivity contribution in [3.8, 4) is 22.8 Å². The van der Waals surface area contributed by atoms with Crippen molar-refractivity contribution in [1.82, 2.24) is 10.3 Å². The fourth-order valence-corrected chi connectivity index (χ4v) is 4.36. The molecule has 0 aliphatic heterocycles. The number of carbonyl (C=O) groups is 1. The van der Waals surface area contributed by atoms with E-state index in [1.807, 2.05) is 42.5 Å². The van der Waals surface area contributed by atoms with Crippen molar-refractivity contribution in [1.29, 1.82) is 0 Å². The number of hydrogen-bond acceptors (Lipinski definition) is 5. The van der Waals surface area contributed by atoms with Crippen LogP contribution < -0.4 is 10.6 Å². The predicted octanol–water partition coefficient (Wildman–Crippen LogP) is 8.71. The fourth-order valence-electron chi connectivity index (χ4n) is 3.86. The zero-order chi connectivity index (χ0) is 27.5. The molecule has 196 valence electrons. The molecular weight excluding hydrogens is 553 g/mol. The van der Waals surface area contributed by atoms with Crippen molar-refractivity contribution in [3.63, 3.8) is 0 Å². The molecule has 0 fully saturated rings. The maximum atomic E-state index is 12.4. The quantitative estimate of drug-likeness (QED) is 0.156. The van der Waals surface area contributed by atoms with Crippen molar-refractivity contribution in [2.75, 3.05) is 5.32 Å². The van der Waals surface area contributed by atoms with Gasteiger partial charge in [0.1, 0.15) is 17.0 Å². The summed E-state index contributed by atoms with van der Waals surface area (Å²) in [6.45, 7) is 4.26. The number of carbonyl (C=O) groups excluding carboxylic acids is 1. The Morgan fingerprint density at radius 1 is 0.949 bits per heavy atom. The molecule has 5 rings (SSSR count). The van der Waals surface area contributed by atoms with Crippen LogP contribution in [0, 0.1) is 0 Å². The van der Waals surface area contributed by atoms with Gasteiger partial charge in [-0.15, -0.1) is 0 Å². The summed E-state index contributed by atoms with van der Waals surface area (Å²) in [5.74, 6) is 1.60. The molecular formula is C30H23Cl2N3O3S. The van der Waals surface area contributed by atoms with Crippen molar-refractivity contribution in [2.45, 2.75) is 19.8 Å². The molecule has 0 saturated carbocycles. The lowest BCUT2D eigenvalue weighted by Gasteiger charge is -2.10. The molecule has 2 N–H and O–H groups in total. The van der Waals surface area contributed by atoms with Crippen LogP contribution >= 0.6 is 35.4 Å². The average Bonchev–Trinajstić information content (AvgIpc) is 3.56. The first-order valence-corrected chi connectivity index (χ1v) is 13.3. The molecule has 0 saturated heterocycles. The Labute approximate surface area is 240 Å². The number of nitrogens with one attached hydrogen (secondary N) is 2. The summed E-state index contributed by atoms with van der Waals surface area (Å²) in [4.78, 5) is 17.1. The zero-order valence-electron chi connectivity index (χ0n) is 21.0. The number of oxazole rings is 1. The molecule has 0 aliphatic carbocycles. The number of benzene rings is 3. The lowest BCUT2D eigenvalue weighted by Crippen LogP contribution is -2.32. The number of aromatic nitrogens is 1. The van der Waals surface area contributed by atoms with Gasteiger partial charge in [0.15, 0.2) is 10.7 Å². The highest BCUT2D eigenvalue weighted by molar-refractivity contribution is 7.80. The first-order chi connectivity index (χ1) is 18.7. The summed E-state index contributed by atoms with van der Waals surface area (Å²) in [6.07, 6.45) is 2.89. The number of halogens is 2. The molecule has 2 heterocycles. The smallest absolute Gasteiger partial charge is 0.250 e. The van der Waals surface area contributed by atoms with E-state index in [0.29, 0.717) is 50.2 Å². The summed E-state index contributed by atoms with van der Waals surface area (Å²) in [5.41, 5.74) is 4.77. The van der Waals surface area contributed by atoms with Gasteiger partial charge in [-0.1, -0.05) is 43.1 Å². The van der Waals surface area contributed by atoms with Crippen molar-refractivity contribution in [3.05, 3.63) is 100 Å². The van der Waals surface area contributed by atoms with E-state index in [1.165, 1.54) is 11.6 Å². The first-order valence-electron chi connectivity index (χ1n) is 12.1. The largest absolute Gasteiger partial charge is 0.457 e. The summed E-state index contributed by atoms with van der Waals surface area (Å²) in [5, 5.41) is 6.73. The van der Waals surface area contributed by atoms with Crippen LogP contribution in [0.1, 0.15) is 31.1 Å². The van der Waals surface area contributed by atoms with E-state index in [2.05, 4.69) is 29.5 Å². The number of anilines is 1. The Morgan fingerprint density at radius 3 is 2.49 bits per heavy atom. The van der Waals surface area contributed by atoms with Crippen LogP contribution in [0.25, 0.3) is 40.0 Å². The van der Waals surface area contributed by atoms with Crippen LogP contribution in [0.3, 0.4) is 0 Å². The van der Waals surface area contributed by atoms with Gasteiger partial charge in [0.25, 0.3) is 0 Å². The van der Waals surface area contributed by atoms with Gasteiger partial charge >= 0.3 is 0 Å². The zero-order valence-corrected chi connectivity index (χ0v) is 23.3. The second kappa shape index (κ2) is 11.5. The summed E-state index contributed by atoms with van der Waals surface area (Å²) < 4.78 is 11.7. The van der Waals surface area contributed by atoms with Gasteiger partial charge < -0.3 is 14.2 Å². The molecule has 3 aromatic carbocycles. The minimum Gasteiger partial charge on any atom is -0.457 e. The van der Waals surface area contributed by atoms with Crippen molar-refractivity contribution in [2.24, 2.45) is 0 Å². The number of furan rings is 1. The molecule has 0 spiro atoms. The summed E-state index contributed by atoms with van der Waals surface area (Å²) in [6, 6.07) is 22.2. The lowest BCUT2D eigenvalue weighted by molar-refractivity contribution is -0.115. The first kappa shape index (κ1) is 26.7. The van der Waals surface area contributed by atoms with Gasteiger partial charge in [-0.3, -0.25) is 10.1 Å². The Morgan fingerprint density at radius 2 is 1.72 bits per heavy atom. The summed E-state index contributed by atoms with van der Waals surface area (Å²) >= 11 is 17.6. The molecule has 0 radical (unpaired) electrons. The highest BCUT2D eigenvalue weighted by atomic mass is 35.5. The van der Waals surface area contributed by atoms with Crippen LogP contribution in [0.4, 0.5) is 5.69 Å². The van der Waals surface area contributed by atoms with Crippen molar-refractivity contribution >= 4 is 69.3 Å². The van der Waals surface area contributed by atoms with E-state index < -0.39 is 5.91 Å². The minimum absolute atomic E-state index is 0.0872. The maximum absolute atomic E-state index is 12.4. The van der Waals surface area contributed by atoms with E-state index in [-0.39, 0.29) is 5.11 Å². The van der Waals surface area contributed by atoms with Crippen LogP contribution in [0.15, 0.2) is 87.7 Å². The van der Waals surface area contributed by atoms with Gasteiger partial charge in [-0.05, 0) is 96.5 Å². The topological polar surface area (TPSA) is 80.3 Å². The fraction of sp³-hybridized carbons (Fsp3) is 0.100. The Bertz CT molecular complexity index is 1700. The average molecular weight is 577 g/mol. The third-order valence-corrected chi connectivity index (χ3v) is 6.72. The molecule has 9 heteroatoms. The third kappa shape index (κ3) is 6.40. The van der Waals surface area contributed by atoms with E-state index in [4.69, 9.17) is 44.3 Å². The molecule has 5 aromatic rings. The van der Waals surface area contributed by atoms with Gasteiger partial charge in [0.05, 0.1) is 10.7 Å². The van der Waals surface area contributed by atoms with E-state index in [0.717, 1.165) is 11.1 Å². The Balaban J connectivity index is 1.24. The SMILES string of the molecule is CC(C)c1ccc2oc(-c3ccc(Cl)c(NC(=S)NC(=O)C=Cc4ccc(-c5ccc(Cl)cc5)o4)c3)nc2c1. The molecule has 2 aromatic heterocycles. The highest BCUT2D eigenvalue weighted by Gasteiger charge is 2.13. The normalized spacial score (nSPS) is 11.4. The monoisotopic (exact) mass is 575 g/mol. The molecule has 0 aliphatic rings. The molecule has 6 nitrogen and oxygen atoms in total.